The van der Waals surface area contributed by atoms with Crippen molar-refractivity contribution in [3.05, 3.63) is 63.6 Å². The van der Waals surface area contributed by atoms with Gasteiger partial charge in [0.05, 0.1) is 5.69 Å². The van der Waals surface area contributed by atoms with Gasteiger partial charge in [-0.25, -0.2) is 4.31 Å². The predicted molar refractivity (Wildman–Crippen MR) is 143 cm³/mol. The van der Waals surface area contributed by atoms with E-state index in [0.29, 0.717) is 5.69 Å². The van der Waals surface area contributed by atoms with E-state index < -0.39 is 28.7 Å². The lowest BCUT2D eigenvalue weighted by Gasteiger charge is -2.33. The largest absolute Gasteiger partial charge is 0.352 e. The summed E-state index contributed by atoms with van der Waals surface area (Å²) in [5, 5.41) is 2.84. The van der Waals surface area contributed by atoms with Crippen molar-refractivity contribution >= 4 is 43.6 Å². The van der Waals surface area contributed by atoms with Crippen molar-refractivity contribution in [3.8, 4) is 0 Å². The average molecular weight is 568 g/mol. The average Bonchev–Trinajstić information content (AvgIpc) is 2.77. The van der Waals surface area contributed by atoms with Crippen molar-refractivity contribution in [1.29, 1.82) is 0 Å². The van der Waals surface area contributed by atoms with Crippen molar-refractivity contribution in [2.24, 2.45) is 0 Å². The highest BCUT2D eigenvalue weighted by Gasteiger charge is 2.33. The lowest BCUT2D eigenvalue weighted by Crippen LogP contribution is -2.53. The highest BCUT2D eigenvalue weighted by molar-refractivity contribution is 9.10. The van der Waals surface area contributed by atoms with Crippen LogP contribution in [-0.2, 0) is 26.3 Å². The first-order valence-electron chi connectivity index (χ1n) is 11.4. The smallest absolute Gasteiger partial charge is 0.304 e. The standard InChI is InChI=1S/C25H35BrN4O4S/c1-17(2)27-25(32)20(5)29(15-21-10-12-22(26)13-11-21)24(31)16-30(35(33,34)28(6)7)23-14-18(3)8-9-19(23)4/h8-14,17,20H,15-16H2,1-7H3,(H,27,32)/t20-/m0/s1. The van der Waals surface area contributed by atoms with Crippen LogP contribution < -0.4 is 9.62 Å². The summed E-state index contributed by atoms with van der Waals surface area (Å²) in [6, 6.07) is 12.0. The maximum absolute atomic E-state index is 13.7. The Balaban J connectivity index is 2.50. The summed E-state index contributed by atoms with van der Waals surface area (Å²) in [6.07, 6.45) is 0. The van der Waals surface area contributed by atoms with E-state index in [1.54, 1.807) is 19.9 Å². The fourth-order valence-corrected chi connectivity index (χ4v) is 4.84. The number of hydrogen-bond acceptors (Lipinski definition) is 4. The van der Waals surface area contributed by atoms with Gasteiger partial charge >= 0.3 is 10.2 Å². The summed E-state index contributed by atoms with van der Waals surface area (Å²) in [5.74, 6) is -0.787. The zero-order chi connectivity index (χ0) is 26.5. The van der Waals surface area contributed by atoms with Crippen LogP contribution in [-0.4, -0.2) is 62.2 Å². The summed E-state index contributed by atoms with van der Waals surface area (Å²) in [5.41, 5.74) is 2.83. The van der Waals surface area contributed by atoms with Crippen molar-refractivity contribution in [2.75, 3.05) is 24.9 Å². The molecule has 1 N–H and O–H groups in total. The van der Waals surface area contributed by atoms with Gasteiger partial charge in [0, 0.05) is 31.2 Å². The predicted octanol–water partition coefficient (Wildman–Crippen LogP) is 3.62. The molecule has 0 saturated heterocycles. The Labute approximate surface area is 217 Å². The van der Waals surface area contributed by atoms with E-state index in [0.717, 1.165) is 29.8 Å². The molecule has 0 fully saturated rings. The first kappa shape index (κ1) is 28.8. The lowest BCUT2D eigenvalue weighted by atomic mass is 10.1. The summed E-state index contributed by atoms with van der Waals surface area (Å²) < 4.78 is 29.7. The van der Waals surface area contributed by atoms with Crippen molar-refractivity contribution < 1.29 is 18.0 Å². The molecule has 192 valence electrons. The maximum Gasteiger partial charge on any atom is 0.304 e. The molecular weight excluding hydrogens is 532 g/mol. The third kappa shape index (κ3) is 7.52. The topological polar surface area (TPSA) is 90.0 Å². The van der Waals surface area contributed by atoms with E-state index >= 15 is 0 Å². The fourth-order valence-electron chi connectivity index (χ4n) is 3.46. The van der Waals surface area contributed by atoms with Gasteiger partial charge in [-0.2, -0.15) is 12.7 Å². The van der Waals surface area contributed by atoms with Gasteiger partial charge < -0.3 is 10.2 Å². The molecule has 0 aliphatic carbocycles. The van der Waals surface area contributed by atoms with E-state index in [-0.39, 0.29) is 18.5 Å². The van der Waals surface area contributed by atoms with Gasteiger partial charge in [-0.15, -0.1) is 0 Å². The van der Waals surface area contributed by atoms with Crippen LogP contribution in [0.25, 0.3) is 0 Å². The minimum atomic E-state index is -3.99. The minimum Gasteiger partial charge on any atom is -0.352 e. The molecule has 0 aromatic heterocycles. The monoisotopic (exact) mass is 566 g/mol. The first-order chi connectivity index (χ1) is 16.2. The van der Waals surface area contributed by atoms with E-state index in [1.807, 2.05) is 57.2 Å². The molecule has 2 aromatic rings. The van der Waals surface area contributed by atoms with Crippen LogP contribution >= 0.6 is 15.9 Å². The third-order valence-electron chi connectivity index (χ3n) is 5.52. The summed E-state index contributed by atoms with van der Waals surface area (Å²) in [7, 11) is -1.14. The molecule has 35 heavy (non-hydrogen) atoms. The number of aryl methyl sites for hydroxylation is 2. The SMILES string of the molecule is Cc1ccc(C)c(N(CC(=O)N(Cc2ccc(Br)cc2)[C@@H](C)C(=O)NC(C)C)S(=O)(=O)N(C)C)c1. The number of benzene rings is 2. The molecular formula is C25H35BrN4O4S. The van der Waals surface area contributed by atoms with Crippen LogP contribution in [0.15, 0.2) is 46.9 Å². The minimum absolute atomic E-state index is 0.102. The second-order valence-corrected chi connectivity index (χ2v) is 12.1. The molecule has 0 bridgehead atoms. The van der Waals surface area contributed by atoms with E-state index in [1.165, 1.54) is 19.0 Å². The Kier molecular flexibility index (Phi) is 9.88. The van der Waals surface area contributed by atoms with E-state index in [2.05, 4.69) is 21.2 Å². The van der Waals surface area contributed by atoms with Crippen LogP contribution in [0.4, 0.5) is 5.69 Å². The van der Waals surface area contributed by atoms with Gasteiger partial charge in [-0.3, -0.25) is 9.59 Å². The Hall–Kier alpha value is -2.43. The molecule has 0 radical (unpaired) electrons. The van der Waals surface area contributed by atoms with Crippen LogP contribution in [0.5, 0.6) is 0 Å². The quantitative estimate of drug-likeness (QED) is 0.475. The number of nitrogens with one attached hydrogen (secondary N) is 1. The Morgan fingerprint density at radius 3 is 2.14 bits per heavy atom. The lowest BCUT2D eigenvalue weighted by molar-refractivity contribution is -0.139. The molecule has 2 amide bonds. The molecule has 1 atom stereocenters. The number of nitrogens with zero attached hydrogens (tertiary/aromatic N) is 3. The molecule has 0 heterocycles. The molecule has 0 spiro atoms. The summed E-state index contributed by atoms with van der Waals surface area (Å²) in [6.45, 7) is 8.72. The number of hydrogen-bond donors (Lipinski definition) is 1. The van der Waals surface area contributed by atoms with Crippen LogP contribution in [0.2, 0.25) is 0 Å². The van der Waals surface area contributed by atoms with Gasteiger partial charge in [-0.05, 0) is 69.5 Å². The summed E-state index contributed by atoms with van der Waals surface area (Å²) >= 11 is 3.40. The van der Waals surface area contributed by atoms with Crippen LogP contribution in [0, 0.1) is 13.8 Å². The van der Waals surface area contributed by atoms with Crippen molar-refractivity contribution in [2.45, 2.75) is 53.2 Å². The number of halogens is 1. The van der Waals surface area contributed by atoms with Gasteiger partial charge in [0.1, 0.15) is 12.6 Å². The van der Waals surface area contributed by atoms with Crippen molar-refractivity contribution in [1.82, 2.24) is 14.5 Å². The van der Waals surface area contributed by atoms with Gasteiger partial charge in [-0.1, -0.05) is 40.2 Å². The van der Waals surface area contributed by atoms with Crippen molar-refractivity contribution in [3.63, 3.8) is 0 Å². The molecule has 0 aliphatic rings. The Morgan fingerprint density at radius 1 is 1.00 bits per heavy atom. The highest BCUT2D eigenvalue weighted by atomic mass is 79.9. The maximum atomic E-state index is 13.7. The molecule has 2 rings (SSSR count). The Morgan fingerprint density at radius 2 is 1.60 bits per heavy atom. The van der Waals surface area contributed by atoms with Gasteiger partial charge in [0.25, 0.3) is 0 Å². The molecule has 2 aromatic carbocycles. The number of rotatable bonds is 10. The molecule has 10 heteroatoms. The fraction of sp³-hybridized carbons (Fsp3) is 0.440. The highest BCUT2D eigenvalue weighted by Crippen LogP contribution is 2.26. The second kappa shape index (κ2) is 12.0. The van der Waals surface area contributed by atoms with Crippen LogP contribution in [0.3, 0.4) is 0 Å². The zero-order valence-corrected chi connectivity index (χ0v) is 23.8. The number of anilines is 1. The third-order valence-corrected chi connectivity index (χ3v) is 7.85. The number of amides is 2. The number of carbonyl (C=O) groups is 2. The van der Waals surface area contributed by atoms with Crippen LogP contribution in [0.1, 0.15) is 37.5 Å². The zero-order valence-electron chi connectivity index (χ0n) is 21.4. The number of carbonyl (C=O) groups excluding carboxylic acids is 2. The molecule has 8 nitrogen and oxygen atoms in total. The molecule has 0 aliphatic heterocycles. The molecule has 0 unspecified atom stereocenters. The van der Waals surface area contributed by atoms with E-state index in [9.17, 15) is 18.0 Å². The Bertz CT molecular complexity index is 1150. The first-order valence-corrected chi connectivity index (χ1v) is 13.5. The van der Waals surface area contributed by atoms with Gasteiger partial charge in [0.15, 0.2) is 0 Å². The van der Waals surface area contributed by atoms with Gasteiger partial charge in [0.2, 0.25) is 11.8 Å². The van der Waals surface area contributed by atoms with E-state index in [4.69, 9.17) is 0 Å². The summed E-state index contributed by atoms with van der Waals surface area (Å²) in [4.78, 5) is 28.0. The second-order valence-electron chi connectivity index (χ2n) is 9.07. The normalized spacial score (nSPS) is 12.5. The molecule has 0 saturated carbocycles.